The van der Waals surface area contributed by atoms with Gasteiger partial charge >= 0.3 is 0 Å². The number of rotatable bonds is 2. The third-order valence-electron chi connectivity index (χ3n) is 9.01. The van der Waals surface area contributed by atoms with E-state index in [0.717, 1.165) is 0 Å². The van der Waals surface area contributed by atoms with Gasteiger partial charge in [0.1, 0.15) is 5.66 Å². The molecule has 4 heterocycles. The van der Waals surface area contributed by atoms with E-state index in [2.05, 4.69) is 150 Å². The minimum atomic E-state index is -0.274. The Bertz CT molecular complexity index is 1960. The van der Waals surface area contributed by atoms with Crippen LogP contribution in [-0.4, -0.2) is 16.9 Å². The van der Waals surface area contributed by atoms with Crippen LogP contribution >= 0.6 is 0 Å². The molecule has 0 atom stereocenters. The van der Waals surface area contributed by atoms with E-state index in [1.165, 1.54) is 67.0 Å². The maximum atomic E-state index is 2.60. The predicted molar refractivity (Wildman–Crippen MR) is 165 cm³/mol. The van der Waals surface area contributed by atoms with Crippen molar-refractivity contribution in [1.29, 1.82) is 0 Å². The van der Waals surface area contributed by atoms with Crippen molar-refractivity contribution in [1.82, 2.24) is 4.57 Å². The van der Waals surface area contributed by atoms with Crippen LogP contribution in [0.4, 0.5) is 22.7 Å². The fraction of sp³-hybridized carbons (Fsp3) is 0.0857. The van der Waals surface area contributed by atoms with Crippen LogP contribution in [0.15, 0.2) is 121 Å². The summed E-state index contributed by atoms with van der Waals surface area (Å²) in [5.41, 5.74) is 14.3. The minimum absolute atomic E-state index is 0.193. The van der Waals surface area contributed by atoms with E-state index >= 15 is 0 Å². The molecule has 0 amide bonds. The second-order valence-corrected chi connectivity index (χ2v) is 11.3. The third-order valence-corrected chi connectivity index (χ3v) is 9.01. The first-order valence-corrected chi connectivity index (χ1v) is 13.8. The van der Waals surface area contributed by atoms with E-state index in [9.17, 15) is 0 Å². The number of aromatic nitrogens is 1. The number of para-hydroxylation sites is 4. The Morgan fingerprint density at radius 1 is 0.564 bits per heavy atom. The van der Waals surface area contributed by atoms with Crippen LogP contribution in [0.2, 0.25) is 0 Å². The third kappa shape index (κ3) is 2.50. The molecule has 5 aromatic carbocycles. The van der Waals surface area contributed by atoms with Crippen LogP contribution in [-0.2, 0) is 0 Å². The summed E-state index contributed by atoms with van der Waals surface area (Å²) >= 11 is 0. The molecule has 0 radical (unpaired) electrons. The predicted octanol–water partition coefficient (Wildman–Crippen LogP) is 6.47. The molecule has 3 aliphatic rings. The zero-order valence-electron chi connectivity index (χ0n) is 22.0. The zero-order chi connectivity index (χ0) is 25.9. The van der Waals surface area contributed by atoms with Crippen LogP contribution in [0.3, 0.4) is 0 Å². The lowest BCUT2D eigenvalue weighted by molar-refractivity contribution is 0.541. The van der Waals surface area contributed by atoms with Gasteiger partial charge in [-0.3, -0.25) is 0 Å². The van der Waals surface area contributed by atoms with Gasteiger partial charge in [0, 0.05) is 22.8 Å². The largest absolute Gasteiger partial charge is 0.317 e. The molecule has 0 saturated heterocycles. The average Bonchev–Trinajstić information content (AvgIpc) is 3.57. The summed E-state index contributed by atoms with van der Waals surface area (Å²) in [6.45, 7) is 4.90. The Morgan fingerprint density at radius 2 is 1.23 bits per heavy atom. The van der Waals surface area contributed by atoms with Crippen LogP contribution in [0.1, 0.15) is 13.8 Å². The normalized spacial score (nSPS) is 15.5. The minimum Gasteiger partial charge on any atom is -0.317 e. The molecular weight excluding hydrogens is 473 g/mol. The first-order valence-electron chi connectivity index (χ1n) is 13.8. The maximum Gasteiger partial charge on any atom is 0.251 e. The monoisotopic (exact) mass is 499 g/mol. The lowest BCUT2D eigenvalue weighted by atomic mass is 9.37. The van der Waals surface area contributed by atoms with Gasteiger partial charge in [0.25, 0.3) is 6.71 Å². The molecule has 1 aromatic heterocycles. The average molecular weight is 499 g/mol. The number of benzene rings is 5. The van der Waals surface area contributed by atoms with Crippen LogP contribution in [0.5, 0.6) is 0 Å². The summed E-state index contributed by atoms with van der Waals surface area (Å²) in [6, 6.07) is 44.4. The second-order valence-electron chi connectivity index (χ2n) is 11.3. The number of nitrogens with zero attached hydrogens (tertiary/aromatic N) is 3. The first-order chi connectivity index (χ1) is 19.2. The molecule has 3 nitrogen and oxygen atoms in total. The molecule has 9 rings (SSSR count). The van der Waals surface area contributed by atoms with Gasteiger partial charge in [-0.25, -0.2) is 0 Å². The summed E-state index contributed by atoms with van der Waals surface area (Å²) < 4.78 is 2.49. The Hall–Kier alpha value is -4.70. The van der Waals surface area contributed by atoms with Gasteiger partial charge < -0.3 is 14.4 Å². The molecule has 0 unspecified atom stereocenters. The van der Waals surface area contributed by atoms with Crippen molar-refractivity contribution < 1.29 is 0 Å². The molecule has 184 valence electrons. The van der Waals surface area contributed by atoms with Crippen LogP contribution < -0.4 is 26.2 Å². The van der Waals surface area contributed by atoms with Gasteiger partial charge in [-0.15, -0.1) is 0 Å². The highest BCUT2D eigenvalue weighted by Gasteiger charge is 2.53. The zero-order valence-corrected chi connectivity index (χ0v) is 22.0. The molecule has 0 N–H and O–H groups in total. The lowest BCUT2D eigenvalue weighted by Gasteiger charge is -2.43. The van der Waals surface area contributed by atoms with Crippen molar-refractivity contribution in [2.45, 2.75) is 19.5 Å². The van der Waals surface area contributed by atoms with Crippen LogP contribution in [0, 0.1) is 0 Å². The second kappa shape index (κ2) is 7.24. The summed E-state index contributed by atoms with van der Waals surface area (Å²) in [7, 11) is 0. The van der Waals surface area contributed by atoms with Gasteiger partial charge in [0.15, 0.2) is 0 Å². The quantitative estimate of drug-likeness (QED) is 0.253. The van der Waals surface area contributed by atoms with Gasteiger partial charge in [-0.05, 0) is 83.7 Å². The Balaban J connectivity index is 1.41. The molecule has 39 heavy (non-hydrogen) atoms. The smallest absolute Gasteiger partial charge is 0.251 e. The van der Waals surface area contributed by atoms with Crippen molar-refractivity contribution in [3.63, 3.8) is 0 Å². The lowest BCUT2D eigenvalue weighted by Crippen LogP contribution is -2.58. The molecule has 6 aromatic rings. The van der Waals surface area contributed by atoms with Gasteiger partial charge in [0.05, 0.1) is 16.9 Å². The van der Waals surface area contributed by atoms with Crippen LogP contribution in [0.25, 0.3) is 27.8 Å². The van der Waals surface area contributed by atoms with Gasteiger partial charge in [-0.1, -0.05) is 78.9 Å². The molecule has 3 aliphatic heterocycles. The van der Waals surface area contributed by atoms with Crippen molar-refractivity contribution in [2.75, 3.05) is 9.80 Å². The summed E-state index contributed by atoms with van der Waals surface area (Å²) in [5.74, 6) is 0. The Kier molecular flexibility index (Phi) is 3.94. The number of anilines is 4. The molecule has 0 fully saturated rings. The van der Waals surface area contributed by atoms with Crippen molar-refractivity contribution in [3.8, 4) is 16.9 Å². The Morgan fingerprint density at radius 3 is 2.03 bits per heavy atom. The molecule has 4 heteroatoms. The SMILES string of the molecule is CC1(C)N(c2ccccc2)c2cccc3c2N1c1cccc2c1B3c1c-2n(-c2ccccc2)c2ccccc12. The van der Waals surface area contributed by atoms with E-state index in [4.69, 9.17) is 0 Å². The molecule has 0 saturated carbocycles. The molecule has 0 bridgehead atoms. The topological polar surface area (TPSA) is 11.4 Å². The van der Waals surface area contributed by atoms with Crippen molar-refractivity contribution >= 4 is 56.8 Å². The standard InChI is InChI=1S/C35H26BN3/c1-35(2)38(24-15-7-4-8-16-24)30-22-12-19-27-34(30)39(35)29-21-11-18-26-31(29)36(27)32-25-17-9-10-20-28(25)37(33(26)32)23-13-5-3-6-14-23/h3-22H,1-2H3. The fourth-order valence-electron chi connectivity index (χ4n) is 7.70. The van der Waals surface area contributed by atoms with E-state index < -0.39 is 0 Å². The Labute approximate surface area is 228 Å². The summed E-state index contributed by atoms with van der Waals surface area (Å²) in [4.78, 5) is 5.11. The van der Waals surface area contributed by atoms with E-state index in [1.54, 1.807) is 0 Å². The van der Waals surface area contributed by atoms with E-state index in [0.29, 0.717) is 0 Å². The first kappa shape index (κ1) is 21.3. The molecule has 0 aliphatic carbocycles. The van der Waals surface area contributed by atoms with Crippen molar-refractivity contribution in [3.05, 3.63) is 121 Å². The maximum absolute atomic E-state index is 2.60. The molecular formula is C35H26BN3. The van der Waals surface area contributed by atoms with E-state index in [-0.39, 0.29) is 12.4 Å². The van der Waals surface area contributed by atoms with Gasteiger partial charge in [-0.2, -0.15) is 0 Å². The number of fused-ring (bicyclic) bond motifs is 7. The van der Waals surface area contributed by atoms with Crippen molar-refractivity contribution in [2.24, 2.45) is 0 Å². The number of hydrogen-bond acceptors (Lipinski definition) is 2. The molecule has 0 spiro atoms. The highest BCUT2D eigenvalue weighted by Crippen LogP contribution is 2.54. The fourth-order valence-corrected chi connectivity index (χ4v) is 7.70. The highest BCUT2D eigenvalue weighted by molar-refractivity contribution is 7.02. The number of hydrogen-bond donors (Lipinski definition) is 0. The summed E-state index contributed by atoms with van der Waals surface area (Å²) in [6.07, 6.45) is 0. The highest BCUT2D eigenvalue weighted by atomic mass is 15.5. The summed E-state index contributed by atoms with van der Waals surface area (Å²) in [5, 5.41) is 1.34. The van der Waals surface area contributed by atoms with E-state index in [1.807, 2.05) is 0 Å². The van der Waals surface area contributed by atoms with Gasteiger partial charge in [0.2, 0.25) is 0 Å².